The number of carbonyl (C=O) groups excluding carboxylic acids is 3. The number of aryl methyl sites for hydroxylation is 1. The maximum Gasteiger partial charge on any atom is 0.292 e. The number of benzene rings is 1. The van der Waals surface area contributed by atoms with Crippen LogP contribution in [-0.4, -0.2) is 67.2 Å². The first-order valence-corrected chi connectivity index (χ1v) is 7.33. The van der Waals surface area contributed by atoms with Gasteiger partial charge in [0.25, 0.3) is 5.91 Å². The molecule has 1 aliphatic rings. The predicted molar refractivity (Wildman–Crippen MR) is 82.6 cm³/mol. The van der Waals surface area contributed by atoms with Crippen molar-refractivity contribution < 1.29 is 14.4 Å². The minimum Gasteiger partial charge on any atom is -0.340 e. The molecule has 1 aromatic rings. The summed E-state index contributed by atoms with van der Waals surface area (Å²) >= 11 is 0. The summed E-state index contributed by atoms with van der Waals surface area (Å²) in [5.41, 5.74) is 1.34. The third-order valence-corrected chi connectivity index (χ3v) is 3.78. The zero-order chi connectivity index (χ0) is 16.1. The number of nitrogens with zero attached hydrogens (tertiary/aromatic N) is 2. The molecular formula is C16H21N3O3. The topological polar surface area (TPSA) is 69.7 Å². The molecule has 0 atom stereocenters. The average Bonchev–Trinajstić information content (AvgIpc) is 2.53. The summed E-state index contributed by atoms with van der Waals surface area (Å²) in [6, 6.07) is 6.77. The minimum atomic E-state index is -0.744. The van der Waals surface area contributed by atoms with E-state index in [0.717, 1.165) is 18.7 Å². The number of likely N-dealkylation sites (N-methyl/N-ethyl adjacent to an activating group) is 1. The van der Waals surface area contributed by atoms with Gasteiger partial charge in [0, 0.05) is 31.7 Å². The molecule has 1 saturated heterocycles. The molecule has 1 fully saturated rings. The minimum absolute atomic E-state index is 0.139. The van der Waals surface area contributed by atoms with E-state index in [2.05, 4.69) is 10.2 Å². The van der Waals surface area contributed by atoms with Crippen LogP contribution in [-0.2, 0) is 9.59 Å². The van der Waals surface area contributed by atoms with Crippen LogP contribution in [0, 0.1) is 6.92 Å². The van der Waals surface area contributed by atoms with Crippen LogP contribution >= 0.6 is 0 Å². The Hall–Kier alpha value is -2.21. The largest absolute Gasteiger partial charge is 0.340 e. The quantitative estimate of drug-likeness (QED) is 0.631. The summed E-state index contributed by atoms with van der Waals surface area (Å²) in [4.78, 5) is 39.6. The predicted octanol–water partition coefficient (Wildman–Crippen LogP) is 0.0679. The van der Waals surface area contributed by atoms with Gasteiger partial charge in [0.15, 0.2) is 0 Å². The third-order valence-electron chi connectivity index (χ3n) is 3.78. The van der Waals surface area contributed by atoms with Gasteiger partial charge in [0.2, 0.25) is 11.7 Å². The van der Waals surface area contributed by atoms with Crippen LogP contribution in [0.25, 0.3) is 0 Å². The molecule has 1 aromatic carbocycles. The summed E-state index contributed by atoms with van der Waals surface area (Å²) in [6.07, 6.45) is 0. The van der Waals surface area contributed by atoms with E-state index >= 15 is 0 Å². The molecule has 0 unspecified atom stereocenters. The fraction of sp³-hybridized carbons (Fsp3) is 0.438. The van der Waals surface area contributed by atoms with Gasteiger partial charge in [-0.05, 0) is 14.0 Å². The van der Waals surface area contributed by atoms with Gasteiger partial charge in [-0.1, -0.05) is 29.8 Å². The molecule has 0 radical (unpaired) electrons. The zero-order valence-corrected chi connectivity index (χ0v) is 13.0. The maximum atomic E-state index is 12.0. The van der Waals surface area contributed by atoms with Crippen molar-refractivity contribution >= 4 is 17.6 Å². The highest BCUT2D eigenvalue weighted by Crippen LogP contribution is 2.04. The van der Waals surface area contributed by atoms with Gasteiger partial charge >= 0.3 is 0 Å². The molecule has 6 nitrogen and oxygen atoms in total. The van der Waals surface area contributed by atoms with Crippen molar-refractivity contribution in [3.8, 4) is 0 Å². The van der Waals surface area contributed by atoms with Gasteiger partial charge in [-0.3, -0.25) is 14.4 Å². The zero-order valence-electron chi connectivity index (χ0n) is 13.0. The molecule has 6 heteroatoms. The molecule has 2 amide bonds. The van der Waals surface area contributed by atoms with E-state index in [1.807, 2.05) is 14.0 Å². The lowest BCUT2D eigenvalue weighted by molar-refractivity contribution is -0.133. The lowest BCUT2D eigenvalue weighted by Crippen LogP contribution is -2.50. The molecule has 0 aliphatic carbocycles. The van der Waals surface area contributed by atoms with E-state index < -0.39 is 11.7 Å². The van der Waals surface area contributed by atoms with E-state index in [0.29, 0.717) is 18.7 Å². The van der Waals surface area contributed by atoms with Crippen molar-refractivity contribution in [2.75, 3.05) is 39.8 Å². The lowest BCUT2D eigenvalue weighted by atomic mass is 10.1. The van der Waals surface area contributed by atoms with Crippen LogP contribution in [0.4, 0.5) is 0 Å². The molecular weight excluding hydrogens is 282 g/mol. The summed E-state index contributed by atoms with van der Waals surface area (Å²) in [6.45, 7) is 4.71. The SMILES string of the molecule is Cc1ccc(C(=O)C(=O)NCC(=O)N2CCN(C)CC2)cc1. The summed E-state index contributed by atoms with van der Waals surface area (Å²) in [7, 11) is 2.00. The Balaban J connectivity index is 1.83. The molecule has 0 aromatic heterocycles. The standard InChI is InChI=1S/C16H21N3O3/c1-12-3-5-13(6-4-12)15(21)16(22)17-11-14(20)19-9-7-18(2)8-10-19/h3-6H,7-11H2,1-2H3,(H,17,22). The van der Waals surface area contributed by atoms with E-state index in [4.69, 9.17) is 0 Å². The molecule has 1 N–H and O–H groups in total. The highest BCUT2D eigenvalue weighted by molar-refractivity contribution is 6.43. The number of ketones is 1. The molecule has 1 heterocycles. The third kappa shape index (κ3) is 4.14. The average molecular weight is 303 g/mol. The summed E-state index contributed by atoms with van der Waals surface area (Å²) < 4.78 is 0. The number of hydrogen-bond donors (Lipinski definition) is 1. The van der Waals surface area contributed by atoms with Crippen molar-refractivity contribution in [1.29, 1.82) is 0 Å². The number of rotatable bonds is 4. The number of nitrogens with one attached hydrogen (secondary N) is 1. The van der Waals surface area contributed by atoms with Crippen molar-refractivity contribution in [2.24, 2.45) is 0 Å². The van der Waals surface area contributed by atoms with Gasteiger partial charge in [0.1, 0.15) is 0 Å². The Morgan fingerprint density at radius 2 is 1.64 bits per heavy atom. The molecule has 0 saturated carbocycles. The fourth-order valence-electron chi connectivity index (χ4n) is 2.24. The van der Waals surface area contributed by atoms with Crippen LogP contribution in [0.3, 0.4) is 0 Å². The Kier molecular flexibility index (Phi) is 5.27. The second-order valence-corrected chi connectivity index (χ2v) is 5.56. The fourth-order valence-corrected chi connectivity index (χ4v) is 2.24. The first-order valence-electron chi connectivity index (χ1n) is 7.33. The van der Waals surface area contributed by atoms with Crippen molar-refractivity contribution in [2.45, 2.75) is 6.92 Å². The van der Waals surface area contributed by atoms with Crippen LogP contribution in [0.1, 0.15) is 15.9 Å². The van der Waals surface area contributed by atoms with Gasteiger partial charge in [0.05, 0.1) is 6.54 Å². The molecule has 1 aliphatic heterocycles. The highest BCUT2D eigenvalue weighted by atomic mass is 16.2. The Morgan fingerprint density at radius 1 is 1.05 bits per heavy atom. The number of piperazine rings is 1. The number of carbonyl (C=O) groups is 3. The van der Waals surface area contributed by atoms with E-state index in [9.17, 15) is 14.4 Å². The second kappa shape index (κ2) is 7.17. The number of Topliss-reactive ketones (excluding diaryl/α,β-unsaturated/α-hetero) is 1. The van der Waals surface area contributed by atoms with Crippen LogP contribution in [0.15, 0.2) is 24.3 Å². The van der Waals surface area contributed by atoms with Crippen molar-refractivity contribution in [3.63, 3.8) is 0 Å². The van der Waals surface area contributed by atoms with Gasteiger partial charge in [-0.2, -0.15) is 0 Å². The summed E-state index contributed by atoms with van der Waals surface area (Å²) in [5.74, 6) is -1.52. The van der Waals surface area contributed by atoms with Crippen LogP contribution in [0.2, 0.25) is 0 Å². The molecule has 22 heavy (non-hydrogen) atoms. The van der Waals surface area contributed by atoms with E-state index in [-0.39, 0.29) is 12.5 Å². The Labute approximate surface area is 130 Å². The van der Waals surface area contributed by atoms with Gasteiger partial charge < -0.3 is 15.1 Å². The van der Waals surface area contributed by atoms with Gasteiger partial charge in [-0.25, -0.2) is 0 Å². The Bertz CT molecular complexity index is 561. The van der Waals surface area contributed by atoms with Crippen molar-refractivity contribution in [3.05, 3.63) is 35.4 Å². The van der Waals surface area contributed by atoms with Crippen molar-refractivity contribution in [1.82, 2.24) is 15.1 Å². The summed E-state index contributed by atoms with van der Waals surface area (Å²) in [5, 5.41) is 2.41. The van der Waals surface area contributed by atoms with Gasteiger partial charge in [-0.15, -0.1) is 0 Å². The monoisotopic (exact) mass is 303 g/mol. The first kappa shape index (κ1) is 16.2. The van der Waals surface area contributed by atoms with Crippen LogP contribution in [0.5, 0.6) is 0 Å². The Morgan fingerprint density at radius 3 is 2.23 bits per heavy atom. The molecule has 2 rings (SSSR count). The van der Waals surface area contributed by atoms with E-state index in [1.165, 1.54) is 0 Å². The molecule has 0 spiro atoms. The second-order valence-electron chi connectivity index (χ2n) is 5.56. The first-order chi connectivity index (χ1) is 10.5. The number of amides is 2. The smallest absolute Gasteiger partial charge is 0.292 e. The number of hydrogen-bond acceptors (Lipinski definition) is 4. The normalized spacial score (nSPS) is 15.5. The molecule has 0 bridgehead atoms. The van der Waals surface area contributed by atoms with E-state index in [1.54, 1.807) is 29.2 Å². The van der Waals surface area contributed by atoms with Crippen LogP contribution < -0.4 is 5.32 Å². The molecule has 118 valence electrons. The highest BCUT2D eigenvalue weighted by Gasteiger charge is 2.21. The lowest BCUT2D eigenvalue weighted by Gasteiger charge is -2.32. The maximum absolute atomic E-state index is 12.0.